The Balaban J connectivity index is 2.98. The number of rotatable bonds is 5. The molecular formula is C14H19ClN2O2. The number of Topliss-reactive ketones (excluding diaryl/α,β-unsaturated/α-hetero) is 1. The average Bonchev–Trinajstić information content (AvgIpc) is 2.36. The molecular weight excluding hydrogens is 264 g/mol. The van der Waals surface area contributed by atoms with Crippen LogP contribution in [-0.4, -0.2) is 23.1 Å². The van der Waals surface area contributed by atoms with Gasteiger partial charge < -0.3 is 11.1 Å². The number of nitrogen functional groups attached to an aromatic ring is 1. The number of anilines is 1. The maximum atomic E-state index is 12.2. The lowest BCUT2D eigenvalue weighted by atomic mass is 9.93. The van der Waals surface area contributed by atoms with Crippen LogP contribution in [0.4, 0.5) is 5.69 Å². The molecule has 0 aromatic heterocycles. The van der Waals surface area contributed by atoms with E-state index in [4.69, 9.17) is 17.3 Å². The van der Waals surface area contributed by atoms with Gasteiger partial charge in [0.25, 0.3) is 5.91 Å². The zero-order chi connectivity index (χ0) is 14.6. The number of carbonyl (C=O) groups is 2. The van der Waals surface area contributed by atoms with Crippen LogP contribution in [0.25, 0.3) is 0 Å². The zero-order valence-corrected chi connectivity index (χ0v) is 12.2. The summed E-state index contributed by atoms with van der Waals surface area (Å²) in [4.78, 5) is 24.0. The highest BCUT2D eigenvalue weighted by Crippen LogP contribution is 2.16. The predicted molar refractivity (Wildman–Crippen MR) is 77.5 cm³/mol. The molecule has 0 fully saturated rings. The average molecular weight is 283 g/mol. The predicted octanol–water partition coefficient (Wildman–Crippen LogP) is 2.28. The highest BCUT2D eigenvalue weighted by molar-refractivity contribution is 6.29. The Morgan fingerprint density at radius 1 is 1.37 bits per heavy atom. The topological polar surface area (TPSA) is 72.2 Å². The number of ketones is 1. The van der Waals surface area contributed by atoms with Crippen LogP contribution in [0.3, 0.4) is 0 Å². The fourth-order valence-corrected chi connectivity index (χ4v) is 2.06. The number of carbonyl (C=O) groups excluding carboxylic acids is 2. The Morgan fingerprint density at radius 2 is 2.00 bits per heavy atom. The highest BCUT2D eigenvalue weighted by atomic mass is 35.5. The third-order valence-electron chi connectivity index (χ3n) is 3.20. The summed E-state index contributed by atoms with van der Waals surface area (Å²) in [7, 11) is 0. The van der Waals surface area contributed by atoms with Gasteiger partial charge in [-0.3, -0.25) is 9.59 Å². The number of hydrogen-bond acceptors (Lipinski definition) is 3. The van der Waals surface area contributed by atoms with E-state index >= 15 is 0 Å². The molecule has 5 heteroatoms. The maximum absolute atomic E-state index is 12.2. The molecule has 3 N–H and O–H groups in total. The van der Waals surface area contributed by atoms with Crippen molar-refractivity contribution in [3.8, 4) is 0 Å². The van der Waals surface area contributed by atoms with E-state index in [0.717, 1.165) is 5.56 Å². The van der Waals surface area contributed by atoms with Gasteiger partial charge in [-0.2, -0.15) is 0 Å². The van der Waals surface area contributed by atoms with E-state index in [0.29, 0.717) is 17.7 Å². The van der Waals surface area contributed by atoms with E-state index in [1.54, 1.807) is 25.1 Å². The second kappa shape index (κ2) is 6.06. The fourth-order valence-electron chi connectivity index (χ4n) is 1.77. The van der Waals surface area contributed by atoms with Gasteiger partial charge in [-0.15, -0.1) is 11.6 Å². The van der Waals surface area contributed by atoms with Gasteiger partial charge in [-0.05, 0) is 44.0 Å². The Labute approximate surface area is 118 Å². The molecule has 0 saturated heterocycles. The SMILES string of the molecule is CCC(C)(NC(=O)c1cc(C)cc(N)c1)C(=O)CCl. The van der Waals surface area contributed by atoms with Crippen LogP contribution in [0.5, 0.6) is 0 Å². The Kier molecular flexibility index (Phi) is 4.95. The van der Waals surface area contributed by atoms with Gasteiger partial charge in [0.05, 0.1) is 11.4 Å². The quantitative estimate of drug-likeness (QED) is 0.643. The van der Waals surface area contributed by atoms with Gasteiger partial charge in [0.1, 0.15) is 0 Å². The summed E-state index contributed by atoms with van der Waals surface area (Å²) in [6.45, 7) is 5.36. The van der Waals surface area contributed by atoms with Crippen molar-refractivity contribution < 1.29 is 9.59 Å². The first-order chi connectivity index (χ1) is 8.82. The molecule has 1 aromatic rings. The van der Waals surface area contributed by atoms with Crippen molar-refractivity contribution >= 4 is 29.0 Å². The number of nitrogens with one attached hydrogen (secondary N) is 1. The Bertz CT molecular complexity index is 482. The molecule has 1 aromatic carbocycles. The van der Waals surface area contributed by atoms with Crippen LogP contribution in [-0.2, 0) is 4.79 Å². The number of amides is 1. The monoisotopic (exact) mass is 282 g/mol. The normalized spacial score (nSPS) is 13.7. The fraction of sp³-hybridized carbons (Fsp3) is 0.429. The van der Waals surface area contributed by atoms with E-state index in [1.165, 1.54) is 0 Å². The van der Waals surface area contributed by atoms with Gasteiger partial charge in [0.2, 0.25) is 0 Å². The lowest BCUT2D eigenvalue weighted by molar-refractivity contribution is -0.122. The second-order valence-corrected chi connectivity index (χ2v) is 5.10. The van der Waals surface area contributed by atoms with Crippen molar-refractivity contribution in [3.63, 3.8) is 0 Å². The summed E-state index contributed by atoms with van der Waals surface area (Å²) in [6.07, 6.45) is 0.478. The Hall–Kier alpha value is -1.55. The lowest BCUT2D eigenvalue weighted by Crippen LogP contribution is -2.52. The van der Waals surface area contributed by atoms with Gasteiger partial charge in [-0.25, -0.2) is 0 Å². The summed E-state index contributed by atoms with van der Waals surface area (Å²) >= 11 is 5.57. The number of aryl methyl sites for hydroxylation is 1. The number of alkyl halides is 1. The molecule has 1 amide bonds. The first-order valence-electron chi connectivity index (χ1n) is 6.11. The van der Waals surface area contributed by atoms with E-state index in [-0.39, 0.29) is 17.6 Å². The van der Waals surface area contributed by atoms with E-state index in [2.05, 4.69) is 5.32 Å². The number of halogens is 1. The Morgan fingerprint density at radius 3 is 2.47 bits per heavy atom. The van der Waals surface area contributed by atoms with E-state index in [9.17, 15) is 9.59 Å². The van der Waals surface area contributed by atoms with Crippen LogP contribution in [0, 0.1) is 6.92 Å². The lowest BCUT2D eigenvalue weighted by Gasteiger charge is -2.27. The van der Waals surface area contributed by atoms with E-state index < -0.39 is 5.54 Å². The summed E-state index contributed by atoms with van der Waals surface area (Å²) in [6, 6.07) is 5.09. The smallest absolute Gasteiger partial charge is 0.252 e. The summed E-state index contributed by atoms with van der Waals surface area (Å²) in [5.41, 5.74) is 6.62. The molecule has 0 bridgehead atoms. The molecule has 0 saturated carbocycles. The number of hydrogen-bond donors (Lipinski definition) is 2. The maximum Gasteiger partial charge on any atom is 0.252 e. The van der Waals surface area contributed by atoms with Gasteiger partial charge in [-0.1, -0.05) is 6.92 Å². The largest absolute Gasteiger partial charge is 0.399 e. The van der Waals surface area contributed by atoms with Crippen molar-refractivity contribution in [1.82, 2.24) is 5.32 Å². The molecule has 0 aliphatic heterocycles. The van der Waals surface area contributed by atoms with Crippen LogP contribution in [0.1, 0.15) is 36.2 Å². The molecule has 19 heavy (non-hydrogen) atoms. The third-order valence-corrected chi connectivity index (χ3v) is 3.44. The molecule has 0 spiro atoms. The van der Waals surface area contributed by atoms with Gasteiger partial charge in [0.15, 0.2) is 5.78 Å². The molecule has 1 atom stereocenters. The molecule has 0 radical (unpaired) electrons. The van der Waals surface area contributed by atoms with Gasteiger partial charge in [0, 0.05) is 11.3 Å². The van der Waals surface area contributed by atoms with Crippen molar-refractivity contribution in [2.75, 3.05) is 11.6 Å². The molecule has 1 unspecified atom stereocenters. The minimum atomic E-state index is -0.947. The minimum Gasteiger partial charge on any atom is -0.399 e. The summed E-state index contributed by atoms with van der Waals surface area (Å²) in [5, 5.41) is 2.74. The first-order valence-corrected chi connectivity index (χ1v) is 6.64. The van der Waals surface area contributed by atoms with Crippen molar-refractivity contribution in [2.24, 2.45) is 0 Å². The van der Waals surface area contributed by atoms with Crippen molar-refractivity contribution in [3.05, 3.63) is 29.3 Å². The molecule has 4 nitrogen and oxygen atoms in total. The molecule has 104 valence electrons. The molecule has 1 rings (SSSR count). The summed E-state index contributed by atoms with van der Waals surface area (Å²) in [5.74, 6) is -0.649. The van der Waals surface area contributed by atoms with E-state index in [1.807, 2.05) is 13.8 Å². The second-order valence-electron chi connectivity index (χ2n) is 4.83. The minimum absolute atomic E-state index is 0.124. The standard InChI is InChI=1S/C14H19ClN2O2/c1-4-14(3,12(18)8-15)17-13(19)10-5-9(2)6-11(16)7-10/h5-7H,4,8,16H2,1-3H3,(H,17,19). The number of benzene rings is 1. The highest BCUT2D eigenvalue weighted by Gasteiger charge is 2.32. The van der Waals surface area contributed by atoms with Gasteiger partial charge >= 0.3 is 0 Å². The molecule has 0 aliphatic rings. The van der Waals surface area contributed by atoms with Crippen LogP contribution in [0.2, 0.25) is 0 Å². The molecule has 0 aliphatic carbocycles. The number of nitrogens with two attached hydrogens (primary N) is 1. The third kappa shape index (κ3) is 3.70. The van der Waals surface area contributed by atoms with Crippen molar-refractivity contribution in [2.45, 2.75) is 32.7 Å². The zero-order valence-electron chi connectivity index (χ0n) is 11.4. The van der Waals surface area contributed by atoms with Crippen molar-refractivity contribution in [1.29, 1.82) is 0 Å². The van der Waals surface area contributed by atoms with Crippen LogP contribution >= 0.6 is 11.6 Å². The summed E-state index contributed by atoms with van der Waals surface area (Å²) < 4.78 is 0. The molecule has 0 heterocycles. The van der Waals surface area contributed by atoms with Crippen LogP contribution < -0.4 is 11.1 Å². The van der Waals surface area contributed by atoms with Crippen LogP contribution in [0.15, 0.2) is 18.2 Å². The first kappa shape index (κ1) is 15.5.